The van der Waals surface area contributed by atoms with E-state index in [-0.39, 0.29) is 4.95 Å². The highest BCUT2D eigenvalue weighted by atomic mass is 79.9. The number of carbonyl (C=O) groups is 1. The van der Waals surface area contributed by atoms with Crippen molar-refractivity contribution in [1.29, 1.82) is 0 Å². The van der Waals surface area contributed by atoms with E-state index in [2.05, 4.69) is 62.2 Å². The molecule has 1 atom stereocenters. The van der Waals surface area contributed by atoms with Gasteiger partial charge in [0.05, 0.1) is 10.5 Å². The van der Waals surface area contributed by atoms with Crippen molar-refractivity contribution in [1.82, 2.24) is 9.88 Å². The molecule has 0 saturated heterocycles. The number of alkyl halides is 1. The van der Waals surface area contributed by atoms with Crippen LogP contribution >= 0.6 is 15.9 Å². The fourth-order valence-corrected chi connectivity index (χ4v) is 3.99. The quantitative estimate of drug-likeness (QED) is 0.473. The van der Waals surface area contributed by atoms with Crippen molar-refractivity contribution in [3.8, 4) is 11.6 Å². The molecule has 28 heavy (non-hydrogen) atoms. The van der Waals surface area contributed by atoms with Gasteiger partial charge in [-0.1, -0.05) is 52.3 Å². The molecule has 0 spiro atoms. The van der Waals surface area contributed by atoms with Crippen LogP contribution in [0.2, 0.25) is 0 Å². The zero-order valence-corrected chi connectivity index (χ0v) is 16.8. The van der Waals surface area contributed by atoms with Crippen LogP contribution in [0.25, 0.3) is 0 Å². The first-order chi connectivity index (χ1) is 13.6. The van der Waals surface area contributed by atoms with Crippen molar-refractivity contribution >= 4 is 21.8 Å². The normalized spacial score (nSPS) is 14.9. The molecule has 5 nitrogen and oxygen atoms in total. The number of pyridine rings is 1. The number of halogens is 1. The zero-order chi connectivity index (χ0) is 19.5. The first-order valence-electron chi connectivity index (χ1n) is 9.09. The lowest BCUT2D eigenvalue weighted by Gasteiger charge is -2.33. The van der Waals surface area contributed by atoms with Crippen LogP contribution in [0.15, 0.2) is 66.9 Å². The van der Waals surface area contributed by atoms with E-state index in [4.69, 9.17) is 10.5 Å². The second-order valence-corrected chi connectivity index (χ2v) is 7.62. The van der Waals surface area contributed by atoms with Crippen molar-refractivity contribution in [2.24, 2.45) is 5.73 Å². The van der Waals surface area contributed by atoms with Gasteiger partial charge in [0.2, 0.25) is 11.8 Å². The molecule has 1 amide bonds. The van der Waals surface area contributed by atoms with Crippen LogP contribution in [-0.2, 0) is 13.0 Å². The minimum atomic E-state index is -0.502. The second-order valence-electron chi connectivity index (χ2n) is 6.75. The number of benzene rings is 2. The molecule has 4 rings (SSSR count). The summed E-state index contributed by atoms with van der Waals surface area (Å²) < 4.78 is 5.84. The number of rotatable bonds is 5. The highest BCUT2D eigenvalue weighted by Crippen LogP contribution is 2.33. The van der Waals surface area contributed by atoms with Crippen LogP contribution in [0.3, 0.4) is 0 Å². The monoisotopic (exact) mass is 437 g/mol. The predicted molar refractivity (Wildman–Crippen MR) is 111 cm³/mol. The summed E-state index contributed by atoms with van der Waals surface area (Å²) in [6, 6.07) is 19.8. The third-order valence-electron chi connectivity index (χ3n) is 4.86. The molecule has 2 aromatic carbocycles. The summed E-state index contributed by atoms with van der Waals surface area (Å²) in [5.74, 6) is 0.676. The number of hydrogen-bond donors (Lipinski definition) is 1. The van der Waals surface area contributed by atoms with E-state index >= 15 is 0 Å². The van der Waals surface area contributed by atoms with Crippen LogP contribution in [0.5, 0.6) is 11.6 Å². The fourth-order valence-electron chi connectivity index (χ4n) is 3.34. The Kier molecular flexibility index (Phi) is 5.41. The lowest BCUT2D eigenvalue weighted by atomic mass is 9.99. The molecule has 0 fully saturated rings. The van der Waals surface area contributed by atoms with Gasteiger partial charge >= 0.3 is 0 Å². The van der Waals surface area contributed by atoms with E-state index in [9.17, 15) is 4.79 Å². The Bertz CT molecular complexity index is 977. The summed E-state index contributed by atoms with van der Waals surface area (Å²) in [7, 11) is 0. The summed E-state index contributed by atoms with van der Waals surface area (Å²) >= 11 is 3.83. The van der Waals surface area contributed by atoms with Crippen molar-refractivity contribution < 1.29 is 9.53 Å². The summed E-state index contributed by atoms with van der Waals surface area (Å²) in [4.78, 5) is 17.9. The molecule has 1 unspecified atom stereocenters. The average molecular weight is 438 g/mol. The zero-order valence-electron chi connectivity index (χ0n) is 15.2. The molecule has 2 N–H and O–H groups in total. The Morgan fingerprint density at radius 3 is 2.64 bits per heavy atom. The van der Waals surface area contributed by atoms with Crippen molar-refractivity contribution in [2.75, 3.05) is 6.54 Å². The molecular formula is C22H20BrN3O2. The van der Waals surface area contributed by atoms with Gasteiger partial charge in [-0.25, -0.2) is 4.98 Å². The number of amides is 1. The Hall–Kier alpha value is -2.70. The number of carbonyl (C=O) groups excluding carboxylic acids is 1. The van der Waals surface area contributed by atoms with Gasteiger partial charge in [-0.05, 0) is 41.3 Å². The number of ether oxygens (including phenoxy) is 1. The molecule has 1 aliphatic rings. The molecule has 1 aliphatic heterocycles. The van der Waals surface area contributed by atoms with E-state index in [1.165, 1.54) is 22.9 Å². The number of nitrogens with zero attached hydrogens (tertiary/aromatic N) is 2. The number of primary amides is 1. The maximum atomic E-state index is 11.1. The third kappa shape index (κ3) is 4.08. The van der Waals surface area contributed by atoms with Crippen molar-refractivity contribution in [2.45, 2.75) is 17.9 Å². The van der Waals surface area contributed by atoms with E-state index in [0.29, 0.717) is 11.4 Å². The maximum absolute atomic E-state index is 11.1. The highest BCUT2D eigenvalue weighted by molar-refractivity contribution is 9.09. The molecule has 0 bridgehead atoms. The van der Waals surface area contributed by atoms with Gasteiger partial charge in [0.15, 0.2) is 0 Å². The highest BCUT2D eigenvalue weighted by Gasteiger charge is 2.23. The molecule has 0 saturated carbocycles. The second kappa shape index (κ2) is 8.12. The fraction of sp³-hybridized carbons (Fsp3) is 0.182. The van der Waals surface area contributed by atoms with Crippen LogP contribution in [0, 0.1) is 0 Å². The van der Waals surface area contributed by atoms with E-state index in [1.807, 2.05) is 12.1 Å². The SMILES string of the molecule is NC(=O)c1ccc(Oc2ccc3c(c2)CCN(C(Br)c2ccccc2)C3)nc1. The molecular weight excluding hydrogens is 418 g/mol. The first-order valence-corrected chi connectivity index (χ1v) is 10.0. The lowest BCUT2D eigenvalue weighted by molar-refractivity contribution is 0.1000. The largest absolute Gasteiger partial charge is 0.439 e. The van der Waals surface area contributed by atoms with Gasteiger partial charge in [0, 0.05) is 25.4 Å². The molecule has 142 valence electrons. The minimum Gasteiger partial charge on any atom is -0.439 e. The number of nitrogens with two attached hydrogens (primary N) is 1. The number of fused-ring (bicyclic) bond motifs is 1. The van der Waals surface area contributed by atoms with Crippen LogP contribution in [-0.4, -0.2) is 22.3 Å². The Labute approximate surface area is 172 Å². The molecule has 2 heterocycles. The number of aromatic nitrogens is 1. The summed E-state index contributed by atoms with van der Waals surface area (Å²) in [5.41, 5.74) is 9.45. The van der Waals surface area contributed by atoms with Gasteiger partial charge in [-0.15, -0.1) is 0 Å². The van der Waals surface area contributed by atoms with Gasteiger partial charge in [0.1, 0.15) is 5.75 Å². The van der Waals surface area contributed by atoms with Gasteiger partial charge in [0.25, 0.3) is 0 Å². The summed E-state index contributed by atoms with van der Waals surface area (Å²) in [5, 5.41) is 0. The lowest BCUT2D eigenvalue weighted by Crippen LogP contribution is -2.31. The van der Waals surface area contributed by atoms with E-state index in [0.717, 1.165) is 25.3 Å². The van der Waals surface area contributed by atoms with Crippen LogP contribution < -0.4 is 10.5 Å². The van der Waals surface area contributed by atoms with Crippen LogP contribution in [0.4, 0.5) is 0 Å². The van der Waals surface area contributed by atoms with E-state index < -0.39 is 5.91 Å². The average Bonchev–Trinajstić information content (AvgIpc) is 2.74. The first kappa shape index (κ1) is 18.7. The maximum Gasteiger partial charge on any atom is 0.250 e. The Balaban J connectivity index is 1.46. The predicted octanol–water partition coefficient (Wildman–Crippen LogP) is 4.42. The minimum absolute atomic E-state index is 0.200. The topological polar surface area (TPSA) is 68.5 Å². The summed E-state index contributed by atoms with van der Waals surface area (Å²) in [6.45, 7) is 1.85. The number of hydrogen-bond acceptors (Lipinski definition) is 4. The van der Waals surface area contributed by atoms with E-state index in [1.54, 1.807) is 12.1 Å². The van der Waals surface area contributed by atoms with Crippen molar-refractivity contribution in [3.63, 3.8) is 0 Å². The molecule has 6 heteroatoms. The van der Waals surface area contributed by atoms with Crippen LogP contribution in [0.1, 0.15) is 32.0 Å². The molecule has 3 aromatic rings. The van der Waals surface area contributed by atoms with Gasteiger partial charge in [-0.2, -0.15) is 0 Å². The molecule has 0 radical (unpaired) electrons. The summed E-state index contributed by atoms with van der Waals surface area (Å²) in [6.07, 6.45) is 2.38. The van der Waals surface area contributed by atoms with Crippen molar-refractivity contribution in [3.05, 3.63) is 89.1 Å². The Morgan fingerprint density at radius 1 is 1.11 bits per heavy atom. The standard InChI is InChI=1S/C22H20BrN3O2/c23-21(15-4-2-1-3-5-15)26-11-10-16-12-19(8-6-18(16)14-26)28-20-9-7-17(13-25-20)22(24)27/h1-9,12-13,21H,10-11,14H2,(H2,24,27). The van der Waals surface area contributed by atoms with Gasteiger partial charge < -0.3 is 10.5 Å². The molecule has 0 aliphatic carbocycles. The van der Waals surface area contributed by atoms with Gasteiger partial charge in [-0.3, -0.25) is 9.69 Å². The third-order valence-corrected chi connectivity index (χ3v) is 5.97. The smallest absolute Gasteiger partial charge is 0.250 e. The molecule has 1 aromatic heterocycles. The Morgan fingerprint density at radius 2 is 1.93 bits per heavy atom.